The van der Waals surface area contributed by atoms with Crippen molar-refractivity contribution in [1.29, 1.82) is 5.26 Å². The summed E-state index contributed by atoms with van der Waals surface area (Å²) in [6.07, 6.45) is 5.59. The molecule has 0 saturated carbocycles. The normalized spacial score (nSPS) is 15.1. The lowest BCUT2D eigenvalue weighted by atomic mass is 9.98. The van der Waals surface area contributed by atoms with Crippen LogP contribution in [-0.2, 0) is 0 Å². The average Bonchev–Trinajstić information content (AvgIpc) is 3.52. The molecule has 6 rings (SSSR count). The second-order valence-corrected chi connectivity index (χ2v) is 13.5. The lowest BCUT2D eigenvalue weighted by molar-refractivity contribution is 0.0866. The quantitative estimate of drug-likeness (QED) is 0.180. The highest BCUT2D eigenvalue weighted by Gasteiger charge is 2.29. The molecule has 3 aromatic carbocycles. The second kappa shape index (κ2) is 12.9. The Kier molecular flexibility index (Phi) is 8.89. The van der Waals surface area contributed by atoms with Gasteiger partial charge in [0.15, 0.2) is 0 Å². The molecule has 1 aliphatic heterocycles. The number of halogens is 3. The molecule has 0 unspecified atom stereocenters. The van der Waals surface area contributed by atoms with E-state index < -0.39 is 0 Å². The van der Waals surface area contributed by atoms with E-state index in [1.807, 2.05) is 41.2 Å². The maximum absolute atomic E-state index is 9.97. The molecule has 0 spiro atoms. The number of pyridine rings is 1. The van der Waals surface area contributed by atoms with E-state index in [0.29, 0.717) is 49.0 Å². The Balaban J connectivity index is 1.36. The lowest BCUT2D eigenvalue weighted by Gasteiger charge is -2.40. The van der Waals surface area contributed by atoms with Gasteiger partial charge in [-0.3, -0.25) is 9.88 Å². The number of fused-ring (bicyclic) bond motifs is 1. The standard InChI is InChI=1S/C34H33Cl3N8/c1-34(2,3)44-13-11-25(12-14-44)45-20-30(42-43-45)32(21-7-5-4-6-8-21)40-24-16-26-31(41-29-15-23(35)9-10-27(29)36)22(18-38)19-39-33(26)28(37)17-24/h4-10,15-17,19-20,25,32,40H,11-14H2,1-3H3,(H,39,41)/t32-/m0/s1. The first-order valence-electron chi connectivity index (χ1n) is 14.8. The van der Waals surface area contributed by atoms with Gasteiger partial charge < -0.3 is 10.6 Å². The highest BCUT2D eigenvalue weighted by molar-refractivity contribution is 6.36. The molecule has 1 aliphatic rings. The van der Waals surface area contributed by atoms with Gasteiger partial charge in [-0.1, -0.05) is 70.3 Å². The van der Waals surface area contributed by atoms with Crippen molar-refractivity contribution < 1.29 is 0 Å². The van der Waals surface area contributed by atoms with Crippen LogP contribution in [0.25, 0.3) is 10.9 Å². The fourth-order valence-corrected chi connectivity index (χ4v) is 6.44. The molecule has 0 radical (unpaired) electrons. The number of hydrogen-bond donors (Lipinski definition) is 2. The lowest BCUT2D eigenvalue weighted by Crippen LogP contribution is -2.46. The first kappa shape index (κ1) is 31.1. The zero-order valence-corrected chi connectivity index (χ0v) is 27.5. The van der Waals surface area contributed by atoms with E-state index in [1.54, 1.807) is 18.2 Å². The predicted molar refractivity (Wildman–Crippen MR) is 183 cm³/mol. The Morgan fingerprint density at radius 3 is 2.44 bits per heavy atom. The smallest absolute Gasteiger partial charge is 0.109 e. The van der Waals surface area contributed by atoms with Gasteiger partial charge in [0, 0.05) is 40.9 Å². The van der Waals surface area contributed by atoms with E-state index in [0.717, 1.165) is 42.9 Å². The predicted octanol–water partition coefficient (Wildman–Crippen LogP) is 9.04. The van der Waals surface area contributed by atoms with Crippen LogP contribution in [0.1, 0.15) is 62.5 Å². The molecular weight excluding hydrogens is 627 g/mol. The van der Waals surface area contributed by atoms with Gasteiger partial charge in [0.2, 0.25) is 0 Å². The molecular formula is C34H33Cl3N8. The van der Waals surface area contributed by atoms with Crippen LogP contribution in [0, 0.1) is 11.3 Å². The number of likely N-dealkylation sites (tertiary alicyclic amines) is 1. The molecule has 8 nitrogen and oxygen atoms in total. The molecule has 1 saturated heterocycles. The number of nitrogens with one attached hydrogen (secondary N) is 2. The van der Waals surface area contributed by atoms with Crippen LogP contribution in [0.5, 0.6) is 0 Å². The topological polar surface area (TPSA) is 94.7 Å². The van der Waals surface area contributed by atoms with E-state index in [2.05, 4.69) is 69.8 Å². The molecule has 3 heterocycles. The summed E-state index contributed by atoms with van der Waals surface area (Å²) in [6, 6.07) is 21.2. The van der Waals surface area contributed by atoms with Crippen molar-refractivity contribution in [2.75, 3.05) is 23.7 Å². The van der Waals surface area contributed by atoms with Crippen molar-refractivity contribution in [3.63, 3.8) is 0 Å². The summed E-state index contributed by atoms with van der Waals surface area (Å²) in [6.45, 7) is 8.83. The molecule has 0 aliphatic carbocycles. The van der Waals surface area contributed by atoms with Crippen LogP contribution < -0.4 is 10.6 Å². The molecule has 0 amide bonds. The largest absolute Gasteiger partial charge is 0.373 e. The van der Waals surface area contributed by atoms with Crippen LogP contribution in [0.4, 0.5) is 17.1 Å². The number of anilines is 3. The van der Waals surface area contributed by atoms with Gasteiger partial charge in [-0.2, -0.15) is 5.26 Å². The number of nitriles is 1. The fourth-order valence-electron chi connectivity index (χ4n) is 5.83. The van der Waals surface area contributed by atoms with Crippen molar-refractivity contribution >= 4 is 62.8 Å². The third-order valence-corrected chi connectivity index (χ3v) is 9.14. The number of aromatic nitrogens is 4. The number of hydrogen-bond acceptors (Lipinski definition) is 7. The highest BCUT2D eigenvalue weighted by Crippen LogP contribution is 2.38. The first-order chi connectivity index (χ1) is 21.6. The summed E-state index contributed by atoms with van der Waals surface area (Å²) >= 11 is 19.5. The average molecular weight is 660 g/mol. The maximum Gasteiger partial charge on any atom is 0.109 e. The number of rotatable bonds is 7. The molecule has 230 valence electrons. The Bertz CT molecular complexity index is 1870. The summed E-state index contributed by atoms with van der Waals surface area (Å²) in [4.78, 5) is 7.02. The Labute approximate surface area is 277 Å². The van der Waals surface area contributed by atoms with E-state index >= 15 is 0 Å². The highest BCUT2D eigenvalue weighted by atomic mass is 35.5. The minimum atomic E-state index is -0.311. The summed E-state index contributed by atoms with van der Waals surface area (Å²) in [5, 5.41) is 28.2. The molecule has 0 bridgehead atoms. The summed E-state index contributed by atoms with van der Waals surface area (Å²) in [5.41, 5.74) is 4.68. The molecule has 2 aromatic heterocycles. The van der Waals surface area contributed by atoms with E-state index in [-0.39, 0.29) is 11.6 Å². The molecule has 2 N–H and O–H groups in total. The first-order valence-corrected chi connectivity index (χ1v) is 16.0. The third kappa shape index (κ3) is 6.73. The van der Waals surface area contributed by atoms with Crippen molar-refractivity contribution in [2.45, 2.75) is 51.2 Å². The van der Waals surface area contributed by atoms with Crippen LogP contribution in [0.2, 0.25) is 15.1 Å². The zero-order chi connectivity index (χ0) is 31.7. The van der Waals surface area contributed by atoms with Crippen LogP contribution in [0.15, 0.2) is 73.1 Å². The van der Waals surface area contributed by atoms with Gasteiger partial charge in [-0.15, -0.1) is 5.10 Å². The van der Waals surface area contributed by atoms with Gasteiger partial charge >= 0.3 is 0 Å². The minimum absolute atomic E-state index is 0.154. The Morgan fingerprint density at radius 2 is 1.73 bits per heavy atom. The minimum Gasteiger partial charge on any atom is -0.373 e. The van der Waals surface area contributed by atoms with Crippen molar-refractivity contribution in [3.8, 4) is 6.07 Å². The number of piperidine rings is 1. The Morgan fingerprint density at radius 1 is 0.978 bits per heavy atom. The molecule has 1 fully saturated rings. The summed E-state index contributed by atoms with van der Waals surface area (Å²) < 4.78 is 2.01. The monoisotopic (exact) mass is 658 g/mol. The van der Waals surface area contributed by atoms with Crippen molar-refractivity contribution in [3.05, 3.63) is 105 Å². The van der Waals surface area contributed by atoms with E-state index in [9.17, 15) is 5.26 Å². The molecule has 1 atom stereocenters. The zero-order valence-electron chi connectivity index (χ0n) is 25.2. The van der Waals surface area contributed by atoms with Crippen LogP contribution in [-0.4, -0.2) is 43.5 Å². The Hall–Kier alpha value is -3.87. The van der Waals surface area contributed by atoms with Crippen LogP contribution in [0.3, 0.4) is 0 Å². The van der Waals surface area contributed by atoms with Gasteiger partial charge in [0.05, 0.1) is 50.8 Å². The van der Waals surface area contributed by atoms with E-state index in [1.165, 1.54) is 6.20 Å². The number of benzene rings is 3. The molecule has 11 heteroatoms. The van der Waals surface area contributed by atoms with E-state index in [4.69, 9.17) is 34.8 Å². The second-order valence-electron chi connectivity index (χ2n) is 12.3. The fraction of sp³-hybridized carbons (Fsp3) is 0.294. The molecule has 5 aromatic rings. The SMILES string of the molecule is CC(C)(C)N1CCC(n2cc([C@@H](Nc3cc(Cl)c4ncc(C#N)c(Nc5cc(Cl)ccc5Cl)c4c3)c3ccccc3)nn2)CC1. The van der Waals surface area contributed by atoms with Gasteiger partial charge in [0.1, 0.15) is 11.8 Å². The van der Waals surface area contributed by atoms with Crippen LogP contribution >= 0.6 is 34.8 Å². The summed E-state index contributed by atoms with van der Waals surface area (Å²) in [5.74, 6) is 0. The van der Waals surface area contributed by atoms with Gasteiger partial charge in [0.25, 0.3) is 0 Å². The maximum atomic E-state index is 9.97. The number of nitrogens with zero attached hydrogens (tertiary/aromatic N) is 6. The van der Waals surface area contributed by atoms with Gasteiger partial charge in [-0.25, -0.2) is 4.68 Å². The van der Waals surface area contributed by atoms with Gasteiger partial charge in [-0.05, 0) is 69.5 Å². The van der Waals surface area contributed by atoms with Crippen molar-refractivity contribution in [1.82, 2.24) is 24.9 Å². The third-order valence-electron chi connectivity index (χ3n) is 8.29. The van der Waals surface area contributed by atoms with Crippen molar-refractivity contribution in [2.24, 2.45) is 0 Å². The molecule has 45 heavy (non-hydrogen) atoms. The summed E-state index contributed by atoms with van der Waals surface area (Å²) in [7, 11) is 0.